The van der Waals surface area contributed by atoms with E-state index in [9.17, 15) is 4.79 Å². The molecule has 2 aliphatic heterocycles. The Balaban J connectivity index is 1.42. The van der Waals surface area contributed by atoms with Gasteiger partial charge < -0.3 is 5.32 Å². The van der Waals surface area contributed by atoms with Crippen LogP contribution in [0.3, 0.4) is 0 Å². The van der Waals surface area contributed by atoms with Crippen molar-refractivity contribution in [3.05, 3.63) is 34.5 Å². The topological polar surface area (TPSA) is 44.4 Å². The first-order valence-electron chi connectivity index (χ1n) is 7.26. The van der Waals surface area contributed by atoms with Crippen LogP contribution in [-0.2, 0) is 11.3 Å². The number of carbonyl (C=O) groups excluding carboxylic acids is 1. The minimum Gasteiger partial charge on any atom is -0.352 e. The van der Waals surface area contributed by atoms with Crippen LogP contribution in [0.25, 0.3) is 0 Å². The van der Waals surface area contributed by atoms with Crippen molar-refractivity contribution in [2.45, 2.75) is 31.5 Å². The number of nitrogens with zero attached hydrogens (tertiary/aromatic N) is 1. The molecule has 1 aromatic heterocycles. The summed E-state index contributed by atoms with van der Waals surface area (Å²) in [5.41, 5.74) is 0. The normalized spacial score (nSPS) is 24.1. The average molecular weight is 291 g/mol. The molecule has 2 N–H and O–H groups in total. The Labute approximate surface area is 123 Å². The molecule has 1 amide bonds. The van der Waals surface area contributed by atoms with E-state index in [0.29, 0.717) is 6.04 Å². The first-order valence-corrected chi connectivity index (χ1v) is 8.14. The van der Waals surface area contributed by atoms with Crippen LogP contribution < -0.4 is 10.6 Å². The maximum Gasteiger partial charge on any atom is 0.241 e. The molecule has 20 heavy (non-hydrogen) atoms. The lowest BCUT2D eigenvalue weighted by molar-refractivity contribution is -0.122. The van der Waals surface area contributed by atoms with Gasteiger partial charge in [-0.15, -0.1) is 11.3 Å². The lowest BCUT2D eigenvalue weighted by atomic mass is 10.0. The zero-order chi connectivity index (χ0) is 13.8. The van der Waals surface area contributed by atoms with Crippen LogP contribution in [0.5, 0.6) is 0 Å². The molecule has 1 atom stereocenters. The largest absolute Gasteiger partial charge is 0.352 e. The predicted octanol–water partition coefficient (Wildman–Crippen LogP) is 1.36. The van der Waals surface area contributed by atoms with Gasteiger partial charge in [0.25, 0.3) is 0 Å². The van der Waals surface area contributed by atoms with Gasteiger partial charge in [0.1, 0.15) is 6.04 Å². The number of nitrogens with one attached hydrogen (secondary N) is 2. The van der Waals surface area contributed by atoms with Gasteiger partial charge in [-0.3, -0.25) is 15.0 Å². The summed E-state index contributed by atoms with van der Waals surface area (Å²) in [5, 5.41) is 8.45. The van der Waals surface area contributed by atoms with E-state index >= 15 is 0 Å². The molecule has 0 spiro atoms. The number of rotatable bonds is 4. The summed E-state index contributed by atoms with van der Waals surface area (Å²) in [4.78, 5) is 15.9. The van der Waals surface area contributed by atoms with Crippen molar-refractivity contribution in [2.24, 2.45) is 0 Å². The Kier molecular flexibility index (Phi) is 4.50. The van der Waals surface area contributed by atoms with E-state index < -0.39 is 0 Å². The molecule has 0 aromatic carbocycles. The van der Waals surface area contributed by atoms with Crippen LogP contribution in [0, 0.1) is 0 Å². The van der Waals surface area contributed by atoms with Gasteiger partial charge in [0.05, 0.1) is 0 Å². The fourth-order valence-electron chi connectivity index (χ4n) is 2.80. The van der Waals surface area contributed by atoms with Crippen molar-refractivity contribution < 1.29 is 4.79 Å². The van der Waals surface area contributed by atoms with Crippen molar-refractivity contribution in [3.8, 4) is 0 Å². The molecule has 0 aliphatic carbocycles. The van der Waals surface area contributed by atoms with E-state index in [2.05, 4.69) is 33.0 Å². The van der Waals surface area contributed by atoms with Crippen LogP contribution >= 0.6 is 11.3 Å². The highest BCUT2D eigenvalue weighted by Crippen LogP contribution is 2.17. The molecule has 3 rings (SSSR count). The number of likely N-dealkylation sites (tertiary alicyclic amines) is 1. The standard InChI is InChI=1S/C15H21N3OS/c19-15(14-4-1-7-16-14)17-12-5-8-18(9-6-12)11-13-3-2-10-20-13/h1-4,10,12,14,16H,5-9,11H2,(H,17,19). The van der Waals surface area contributed by atoms with Crippen LogP contribution in [0.2, 0.25) is 0 Å². The van der Waals surface area contributed by atoms with Gasteiger partial charge in [-0.05, 0) is 24.3 Å². The highest BCUT2D eigenvalue weighted by Gasteiger charge is 2.24. The molecule has 0 saturated carbocycles. The second-order valence-corrected chi connectivity index (χ2v) is 6.48. The monoisotopic (exact) mass is 291 g/mol. The number of thiophene rings is 1. The Hall–Kier alpha value is -1.17. The smallest absolute Gasteiger partial charge is 0.241 e. The lowest BCUT2D eigenvalue weighted by Crippen LogP contribution is -2.49. The molecule has 5 heteroatoms. The van der Waals surface area contributed by atoms with Crippen LogP contribution in [-0.4, -0.2) is 42.5 Å². The van der Waals surface area contributed by atoms with Crippen molar-refractivity contribution in [1.82, 2.24) is 15.5 Å². The second kappa shape index (κ2) is 6.52. The molecular formula is C15H21N3OS. The number of amides is 1. The molecular weight excluding hydrogens is 270 g/mol. The maximum atomic E-state index is 12.0. The predicted molar refractivity (Wildman–Crippen MR) is 81.7 cm³/mol. The van der Waals surface area contributed by atoms with Gasteiger partial charge in [0, 0.05) is 37.1 Å². The maximum absolute atomic E-state index is 12.0. The van der Waals surface area contributed by atoms with Gasteiger partial charge in [-0.25, -0.2) is 0 Å². The van der Waals surface area contributed by atoms with Crippen molar-refractivity contribution in [2.75, 3.05) is 19.6 Å². The quantitative estimate of drug-likeness (QED) is 0.823. The Morgan fingerprint density at radius 2 is 2.30 bits per heavy atom. The molecule has 4 nitrogen and oxygen atoms in total. The molecule has 1 aromatic rings. The SMILES string of the molecule is O=C(NC1CCN(Cc2cccs2)CC1)C1C=CCN1. The average Bonchev–Trinajstić information content (AvgIpc) is 3.13. The third-order valence-electron chi connectivity index (χ3n) is 3.96. The van der Waals surface area contributed by atoms with E-state index in [1.807, 2.05) is 23.5 Å². The molecule has 1 unspecified atom stereocenters. The number of carbonyl (C=O) groups is 1. The van der Waals surface area contributed by atoms with Gasteiger partial charge in [-0.1, -0.05) is 18.2 Å². The third kappa shape index (κ3) is 3.48. The number of hydrogen-bond donors (Lipinski definition) is 2. The van der Waals surface area contributed by atoms with Crippen LogP contribution in [0.4, 0.5) is 0 Å². The van der Waals surface area contributed by atoms with Crippen LogP contribution in [0.15, 0.2) is 29.7 Å². The number of hydrogen-bond acceptors (Lipinski definition) is 4. The third-order valence-corrected chi connectivity index (χ3v) is 4.82. The summed E-state index contributed by atoms with van der Waals surface area (Å²) in [7, 11) is 0. The second-order valence-electron chi connectivity index (χ2n) is 5.45. The highest BCUT2D eigenvalue weighted by molar-refractivity contribution is 7.09. The fourth-order valence-corrected chi connectivity index (χ4v) is 3.54. The van der Waals surface area contributed by atoms with Gasteiger partial charge in [0.2, 0.25) is 5.91 Å². The molecule has 1 fully saturated rings. The van der Waals surface area contributed by atoms with Gasteiger partial charge in [-0.2, -0.15) is 0 Å². The van der Waals surface area contributed by atoms with Crippen molar-refractivity contribution >= 4 is 17.2 Å². The first-order chi connectivity index (χ1) is 9.81. The van der Waals surface area contributed by atoms with E-state index in [4.69, 9.17) is 0 Å². The fraction of sp³-hybridized carbons (Fsp3) is 0.533. The molecule has 3 heterocycles. The summed E-state index contributed by atoms with van der Waals surface area (Å²) < 4.78 is 0. The Bertz CT molecular complexity index is 463. The molecule has 0 radical (unpaired) electrons. The zero-order valence-electron chi connectivity index (χ0n) is 11.5. The lowest BCUT2D eigenvalue weighted by Gasteiger charge is -2.32. The van der Waals surface area contributed by atoms with E-state index in [1.54, 1.807) is 0 Å². The van der Waals surface area contributed by atoms with Crippen LogP contribution in [0.1, 0.15) is 17.7 Å². The zero-order valence-corrected chi connectivity index (χ0v) is 12.4. The molecule has 0 bridgehead atoms. The Morgan fingerprint density at radius 3 is 2.95 bits per heavy atom. The minimum absolute atomic E-state index is 0.121. The highest BCUT2D eigenvalue weighted by atomic mass is 32.1. The summed E-state index contributed by atoms with van der Waals surface area (Å²) in [5.74, 6) is 0.121. The summed E-state index contributed by atoms with van der Waals surface area (Å²) in [6, 6.07) is 4.50. The van der Waals surface area contributed by atoms with E-state index in [1.165, 1.54) is 4.88 Å². The first kappa shape index (κ1) is 13.8. The summed E-state index contributed by atoms with van der Waals surface area (Å²) >= 11 is 1.82. The van der Waals surface area contributed by atoms with E-state index in [0.717, 1.165) is 39.0 Å². The van der Waals surface area contributed by atoms with Crippen molar-refractivity contribution in [3.63, 3.8) is 0 Å². The Morgan fingerprint density at radius 1 is 1.45 bits per heavy atom. The summed E-state index contributed by atoms with van der Waals surface area (Å²) in [6.45, 7) is 3.98. The summed E-state index contributed by atoms with van der Waals surface area (Å²) in [6.07, 6.45) is 6.05. The van der Waals surface area contributed by atoms with Crippen molar-refractivity contribution in [1.29, 1.82) is 0 Å². The molecule has 2 aliphatic rings. The minimum atomic E-state index is -0.126. The van der Waals surface area contributed by atoms with E-state index in [-0.39, 0.29) is 11.9 Å². The number of piperidine rings is 1. The molecule has 108 valence electrons. The van der Waals surface area contributed by atoms with Gasteiger partial charge >= 0.3 is 0 Å². The molecule has 1 saturated heterocycles. The van der Waals surface area contributed by atoms with Gasteiger partial charge in [0.15, 0.2) is 0 Å².